The molecule has 0 saturated heterocycles. The fourth-order valence-electron chi connectivity index (χ4n) is 3.74. The Labute approximate surface area is 180 Å². The van der Waals surface area contributed by atoms with E-state index >= 15 is 0 Å². The van der Waals surface area contributed by atoms with E-state index in [9.17, 15) is 8.42 Å². The standard InChI is InChI=1S/C19H30N4O2S.HI/c1-2-20-19(22-17-9-4-3-5-10-17)21-13-15-26(24,25)23-14-12-16-8-6-7-11-18(16)23;/h6-8,11,17H,2-5,9-10,12-15H2,1H3,(H2,20,21,22);1H. The molecular weight excluding hydrogens is 475 g/mol. The maximum atomic E-state index is 12.7. The summed E-state index contributed by atoms with van der Waals surface area (Å²) in [6.07, 6.45) is 6.91. The molecule has 1 saturated carbocycles. The van der Waals surface area contributed by atoms with E-state index in [4.69, 9.17) is 0 Å². The van der Waals surface area contributed by atoms with Gasteiger partial charge < -0.3 is 10.6 Å². The molecule has 1 aliphatic heterocycles. The number of fused-ring (bicyclic) bond motifs is 1. The maximum Gasteiger partial charge on any atom is 0.237 e. The number of sulfonamides is 1. The van der Waals surface area contributed by atoms with Crippen molar-refractivity contribution in [2.24, 2.45) is 4.99 Å². The van der Waals surface area contributed by atoms with E-state index in [1.165, 1.54) is 19.3 Å². The number of nitrogens with zero attached hydrogens (tertiary/aromatic N) is 2. The van der Waals surface area contributed by atoms with Gasteiger partial charge in [0.05, 0.1) is 18.0 Å². The predicted octanol–water partition coefficient (Wildman–Crippen LogP) is 2.88. The number of halogens is 1. The fourth-order valence-corrected chi connectivity index (χ4v) is 5.13. The van der Waals surface area contributed by atoms with Crippen LogP contribution in [0.15, 0.2) is 29.3 Å². The van der Waals surface area contributed by atoms with Crippen LogP contribution in [0.3, 0.4) is 0 Å². The van der Waals surface area contributed by atoms with Gasteiger partial charge in [-0.25, -0.2) is 8.42 Å². The van der Waals surface area contributed by atoms with E-state index in [-0.39, 0.29) is 36.3 Å². The van der Waals surface area contributed by atoms with Crippen LogP contribution < -0.4 is 14.9 Å². The van der Waals surface area contributed by atoms with Crippen molar-refractivity contribution in [1.29, 1.82) is 0 Å². The van der Waals surface area contributed by atoms with Gasteiger partial charge in [-0.15, -0.1) is 24.0 Å². The Kier molecular flexibility index (Phi) is 8.65. The molecule has 2 N–H and O–H groups in total. The van der Waals surface area contributed by atoms with Crippen molar-refractivity contribution in [3.63, 3.8) is 0 Å². The average Bonchev–Trinajstić information content (AvgIpc) is 3.08. The van der Waals surface area contributed by atoms with Gasteiger partial charge in [-0.2, -0.15) is 0 Å². The fraction of sp³-hybridized carbons (Fsp3) is 0.632. The Morgan fingerprint density at radius 1 is 1.22 bits per heavy atom. The second kappa shape index (κ2) is 10.5. The molecule has 0 amide bonds. The van der Waals surface area contributed by atoms with Gasteiger partial charge in [-0.1, -0.05) is 37.5 Å². The first-order chi connectivity index (χ1) is 12.6. The molecule has 27 heavy (non-hydrogen) atoms. The molecule has 3 rings (SSSR count). The average molecular weight is 506 g/mol. The number of guanidine groups is 1. The van der Waals surface area contributed by atoms with Crippen LogP contribution in [0.25, 0.3) is 0 Å². The Bertz CT molecular complexity index is 733. The van der Waals surface area contributed by atoms with E-state index in [0.29, 0.717) is 12.6 Å². The lowest BCUT2D eigenvalue weighted by Gasteiger charge is -2.25. The minimum absolute atomic E-state index is 0. The van der Waals surface area contributed by atoms with Crippen LogP contribution in [0, 0.1) is 0 Å². The van der Waals surface area contributed by atoms with Crippen LogP contribution in [-0.2, 0) is 16.4 Å². The zero-order chi connectivity index (χ0) is 18.4. The van der Waals surface area contributed by atoms with Crippen molar-refractivity contribution < 1.29 is 8.42 Å². The second-order valence-electron chi connectivity index (χ2n) is 7.01. The maximum absolute atomic E-state index is 12.7. The third kappa shape index (κ3) is 5.97. The minimum atomic E-state index is -3.35. The molecule has 0 unspecified atom stereocenters. The summed E-state index contributed by atoms with van der Waals surface area (Å²) in [7, 11) is -3.35. The first kappa shape index (κ1) is 22.3. The van der Waals surface area contributed by atoms with Crippen molar-refractivity contribution in [3.8, 4) is 0 Å². The summed E-state index contributed by atoms with van der Waals surface area (Å²) in [5.74, 6) is 0.763. The zero-order valence-corrected chi connectivity index (χ0v) is 19.1. The van der Waals surface area contributed by atoms with Crippen molar-refractivity contribution in [3.05, 3.63) is 29.8 Å². The summed E-state index contributed by atoms with van der Waals surface area (Å²) < 4.78 is 27.0. The van der Waals surface area contributed by atoms with Crippen LogP contribution >= 0.6 is 24.0 Å². The molecule has 1 fully saturated rings. The van der Waals surface area contributed by atoms with Gasteiger partial charge in [-0.3, -0.25) is 9.30 Å². The normalized spacial score (nSPS) is 18.0. The lowest BCUT2D eigenvalue weighted by Crippen LogP contribution is -2.44. The van der Waals surface area contributed by atoms with Gasteiger partial charge in [0.1, 0.15) is 0 Å². The molecule has 1 heterocycles. The van der Waals surface area contributed by atoms with E-state index in [1.807, 2.05) is 31.2 Å². The SMILES string of the molecule is CCNC(=NCCS(=O)(=O)N1CCc2ccccc21)NC1CCCCC1.I. The highest BCUT2D eigenvalue weighted by molar-refractivity contribution is 14.0. The van der Waals surface area contributed by atoms with Gasteiger partial charge in [0.2, 0.25) is 10.0 Å². The predicted molar refractivity (Wildman–Crippen MR) is 123 cm³/mol. The van der Waals surface area contributed by atoms with Gasteiger partial charge in [-0.05, 0) is 37.8 Å². The number of aliphatic imine (C=N–C) groups is 1. The van der Waals surface area contributed by atoms with Crippen molar-refractivity contribution in [2.75, 3.05) is 29.7 Å². The first-order valence-corrected chi connectivity index (χ1v) is 11.3. The number of nitrogens with one attached hydrogen (secondary N) is 2. The van der Waals surface area contributed by atoms with Gasteiger partial charge in [0.25, 0.3) is 0 Å². The molecule has 1 aliphatic carbocycles. The van der Waals surface area contributed by atoms with Crippen LogP contribution in [0.4, 0.5) is 5.69 Å². The van der Waals surface area contributed by atoms with E-state index < -0.39 is 10.0 Å². The highest BCUT2D eigenvalue weighted by atomic mass is 127. The highest BCUT2D eigenvalue weighted by Gasteiger charge is 2.28. The van der Waals surface area contributed by atoms with Crippen molar-refractivity contribution in [1.82, 2.24) is 10.6 Å². The number of hydrogen-bond donors (Lipinski definition) is 2. The number of rotatable bonds is 6. The lowest BCUT2D eigenvalue weighted by molar-refractivity contribution is 0.410. The lowest BCUT2D eigenvalue weighted by atomic mass is 9.96. The summed E-state index contributed by atoms with van der Waals surface area (Å²) in [5, 5.41) is 6.69. The zero-order valence-electron chi connectivity index (χ0n) is 16.0. The quantitative estimate of drug-likeness (QED) is 0.354. The van der Waals surface area contributed by atoms with Crippen LogP contribution in [0.2, 0.25) is 0 Å². The van der Waals surface area contributed by atoms with Crippen LogP contribution in [0.1, 0.15) is 44.6 Å². The molecule has 152 valence electrons. The molecule has 6 nitrogen and oxygen atoms in total. The summed E-state index contributed by atoms with van der Waals surface area (Å²) in [6.45, 7) is 3.59. The minimum Gasteiger partial charge on any atom is -0.357 e. The van der Waals surface area contributed by atoms with E-state index in [0.717, 1.165) is 43.0 Å². The van der Waals surface area contributed by atoms with Crippen LogP contribution in [-0.4, -0.2) is 45.8 Å². The van der Waals surface area contributed by atoms with Gasteiger partial charge in [0.15, 0.2) is 5.96 Å². The summed E-state index contributed by atoms with van der Waals surface area (Å²) in [5.41, 5.74) is 1.93. The largest absolute Gasteiger partial charge is 0.357 e. The summed E-state index contributed by atoms with van der Waals surface area (Å²) >= 11 is 0. The number of para-hydroxylation sites is 1. The molecule has 1 aromatic rings. The second-order valence-corrected chi connectivity index (χ2v) is 9.02. The number of anilines is 1. The smallest absolute Gasteiger partial charge is 0.237 e. The Hall–Kier alpha value is -1.03. The van der Waals surface area contributed by atoms with Crippen LogP contribution in [0.5, 0.6) is 0 Å². The Morgan fingerprint density at radius 2 is 1.96 bits per heavy atom. The first-order valence-electron chi connectivity index (χ1n) is 9.73. The van der Waals surface area contributed by atoms with Crippen molar-refractivity contribution in [2.45, 2.75) is 51.5 Å². The van der Waals surface area contributed by atoms with Gasteiger partial charge >= 0.3 is 0 Å². The van der Waals surface area contributed by atoms with E-state index in [2.05, 4.69) is 15.6 Å². The van der Waals surface area contributed by atoms with E-state index in [1.54, 1.807) is 4.31 Å². The molecule has 8 heteroatoms. The Morgan fingerprint density at radius 3 is 2.70 bits per heavy atom. The van der Waals surface area contributed by atoms with Crippen molar-refractivity contribution >= 4 is 45.6 Å². The summed E-state index contributed by atoms with van der Waals surface area (Å²) in [6, 6.07) is 8.18. The molecule has 2 aliphatic rings. The molecule has 0 radical (unpaired) electrons. The number of hydrogen-bond acceptors (Lipinski definition) is 3. The highest BCUT2D eigenvalue weighted by Crippen LogP contribution is 2.29. The van der Waals surface area contributed by atoms with Gasteiger partial charge in [0, 0.05) is 19.1 Å². The monoisotopic (exact) mass is 506 g/mol. The molecule has 0 atom stereocenters. The Balaban J connectivity index is 0.00000261. The molecule has 1 aromatic carbocycles. The molecule has 0 bridgehead atoms. The topological polar surface area (TPSA) is 73.8 Å². The molecule has 0 aromatic heterocycles. The number of benzene rings is 1. The summed E-state index contributed by atoms with van der Waals surface area (Å²) in [4.78, 5) is 4.51. The third-order valence-electron chi connectivity index (χ3n) is 5.09. The molecular formula is C19H31IN4O2S. The molecule has 0 spiro atoms. The third-order valence-corrected chi connectivity index (χ3v) is 6.84.